The second kappa shape index (κ2) is 5.85. The fraction of sp³-hybridized carbons (Fsp3) is 0.538. The van der Waals surface area contributed by atoms with E-state index in [9.17, 15) is 8.94 Å². The lowest BCUT2D eigenvalue weighted by atomic mass is 10.1. The molecule has 1 aromatic rings. The van der Waals surface area contributed by atoms with Gasteiger partial charge in [-0.3, -0.25) is 0 Å². The molecule has 0 aliphatic rings. The van der Waals surface area contributed by atoms with Gasteiger partial charge in [0.25, 0.3) is 0 Å². The zero-order chi connectivity index (χ0) is 13.1. The van der Waals surface area contributed by atoms with E-state index in [1.165, 1.54) is 6.07 Å². The third kappa shape index (κ3) is 3.98. The van der Waals surface area contributed by atoms with E-state index in [0.29, 0.717) is 12.0 Å². The second-order valence-corrected chi connectivity index (χ2v) is 6.98. The first-order chi connectivity index (χ1) is 7.86. The topological polar surface area (TPSA) is 35.1 Å². The summed E-state index contributed by atoms with van der Waals surface area (Å²) in [7, 11) is 0. The summed E-state index contributed by atoms with van der Waals surface area (Å²) < 4.78 is 28.3. The van der Waals surface area contributed by atoms with Crippen LogP contribution in [0.25, 0.3) is 0 Å². The van der Waals surface area contributed by atoms with E-state index in [0.717, 1.165) is 0 Å². The highest BCUT2D eigenvalue weighted by Gasteiger charge is 2.29. The Balaban J connectivity index is 2.83. The number of benzene rings is 1. The first-order valence-corrected chi connectivity index (χ1v) is 6.93. The maximum absolute atomic E-state index is 13.6. The van der Waals surface area contributed by atoms with Crippen molar-refractivity contribution in [1.29, 1.82) is 0 Å². The fourth-order valence-electron chi connectivity index (χ4n) is 1.43. The van der Waals surface area contributed by atoms with E-state index in [-0.39, 0.29) is 16.6 Å². The van der Waals surface area contributed by atoms with Gasteiger partial charge < -0.3 is 4.55 Å². The Morgan fingerprint density at radius 3 is 2.41 bits per heavy atom. The average molecular weight is 257 g/mol. The van der Waals surface area contributed by atoms with E-state index in [4.69, 9.17) is 0 Å². The molecular weight excluding hydrogens is 237 g/mol. The molecule has 0 radical (unpaired) electrons. The molecule has 2 nitrogen and oxygen atoms in total. The van der Waals surface area contributed by atoms with Gasteiger partial charge in [-0.05, 0) is 33.3 Å². The van der Waals surface area contributed by atoms with E-state index in [2.05, 4.69) is 4.72 Å². The van der Waals surface area contributed by atoms with Gasteiger partial charge in [0.15, 0.2) is 0 Å². The minimum absolute atomic E-state index is 0.212. The minimum Gasteiger partial charge on any atom is -0.598 e. The summed E-state index contributed by atoms with van der Waals surface area (Å²) >= 11 is -1.19. The van der Waals surface area contributed by atoms with Crippen LogP contribution in [0.1, 0.15) is 45.7 Å². The van der Waals surface area contributed by atoms with Crippen LogP contribution in [0.4, 0.5) is 4.39 Å². The molecule has 1 aromatic carbocycles. The summed E-state index contributed by atoms with van der Waals surface area (Å²) in [6.45, 7) is 7.63. The van der Waals surface area contributed by atoms with E-state index < -0.39 is 11.4 Å². The van der Waals surface area contributed by atoms with Crippen LogP contribution in [-0.2, 0) is 11.4 Å². The van der Waals surface area contributed by atoms with E-state index in [1.807, 2.05) is 27.7 Å². The van der Waals surface area contributed by atoms with Crippen molar-refractivity contribution < 1.29 is 8.94 Å². The van der Waals surface area contributed by atoms with Crippen LogP contribution >= 0.6 is 0 Å². The van der Waals surface area contributed by atoms with E-state index >= 15 is 0 Å². The van der Waals surface area contributed by atoms with Gasteiger partial charge in [0.1, 0.15) is 10.6 Å². The predicted molar refractivity (Wildman–Crippen MR) is 70.5 cm³/mol. The standard InChI is InChI=1S/C13H20FNOS/c1-5-12(15-17(16)13(2,3)4)10-8-6-7-9-11(10)14/h6-9,12,15H,5H2,1-4H3. The summed E-state index contributed by atoms with van der Waals surface area (Å²) in [5.41, 5.74) is 0.576. The molecule has 0 amide bonds. The quantitative estimate of drug-likeness (QED) is 0.840. The third-order valence-corrected chi connectivity index (χ3v) is 4.11. The largest absolute Gasteiger partial charge is 0.598 e. The van der Waals surface area contributed by atoms with Gasteiger partial charge in [-0.1, -0.05) is 25.1 Å². The molecule has 17 heavy (non-hydrogen) atoms. The Morgan fingerprint density at radius 1 is 1.35 bits per heavy atom. The highest BCUT2D eigenvalue weighted by molar-refractivity contribution is 7.90. The van der Waals surface area contributed by atoms with Crippen LogP contribution in [0.5, 0.6) is 0 Å². The first-order valence-electron chi connectivity index (χ1n) is 5.78. The van der Waals surface area contributed by atoms with Crippen LogP contribution in [0.15, 0.2) is 24.3 Å². The van der Waals surface area contributed by atoms with Crippen molar-refractivity contribution in [3.8, 4) is 0 Å². The zero-order valence-electron chi connectivity index (χ0n) is 10.8. The van der Waals surface area contributed by atoms with Crippen LogP contribution in [0.2, 0.25) is 0 Å². The maximum Gasteiger partial charge on any atom is 0.136 e. The predicted octanol–water partition coefficient (Wildman–Crippen LogP) is 3.33. The van der Waals surface area contributed by atoms with Gasteiger partial charge in [-0.15, -0.1) is 4.72 Å². The smallest absolute Gasteiger partial charge is 0.136 e. The van der Waals surface area contributed by atoms with Crippen LogP contribution in [0.3, 0.4) is 0 Å². The van der Waals surface area contributed by atoms with Gasteiger partial charge in [-0.2, -0.15) is 0 Å². The highest BCUT2D eigenvalue weighted by Crippen LogP contribution is 2.23. The first kappa shape index (κ1) is 14.5. The molecule has 0 aliphatic heterocycles. The Labute approximate surface area is 106 Å². The van der Waals surface area contributed by atoms with Crippen molar-refractivity contribution in [1.82, 2.24) is 4.72 Å². The lowest BCUT2D eigenvalue weighted by Gasteiger charge is -2.27. The van der Waals surface area contributed by atoms with Crippen molar-refractivity contribution in [2.45, 2.75) is 44.9 Å². The third-order valence-electron chi connectivity index (χ3n) is 2.49. The van der Waals surface area contributed by atoms with Gasteiger partial charge in [0, 0.05) is 16.9 Å². The normalized spacial score (nSPS) is 15.6. The molecule has 1 rings (SSSR count). The molecule has 2 unspecified atom stereocenters. The number of nitrogens with one attached hydrogen (secondary N) is 1. The summed E-state index contributed by atoms with van der Waals surface area (Å²) in [6.07, 6.45) is 0.697. The van der Waals surface area contributed by atoms with Gasteiger partial charge in [-0.25, -0.2) is 4.39 Å². The molecule has 1 N–H and O–H groups in total. The summed E-state index contributed by atoms with van der Waals surface area (Å²) in [5, 5.41) is 0. The summed E-state index contributed by atoms with van der Waals surface area (Å²) in [5.74, 6) is -0.252. The molecule has 0 spiro atoms. The number of halogens is 1. The molecule has 0 fully saturated rings. The Kier molecular flexibility index (Phi) is 4.98. The van der Waals surface area contributed by atoms with Crippen molar-refractivity contribution in [3.63, 3.8) is 0 Å². The van der Waals surface area contributed by atoms with Crippen molar-refractivity contribution in [2.75, 3.05) is 0 Å². The SMILES string of the molecule is CCC(N[S+]([O-])C(C)(C)C)c1ccccc1F. The summed E-state index contributed by atoms with van der Waals surface area (Å²) in [4.78, 5) is 0. The molecule has 0 bridgehead atoms. The molecule has 0 saturated carbocycles. The highest BCUT2D eigenvalue weighted by atomic mass is 32.2. The molecule has 2 atom stereocenters. The van der Waals surface area contributed by atoms with Gasteiger partial charge in [0.2, 0.25) is 0 Å². The van der Waals surface area contributed by atoms with E-state index in [1.54, 1.807) is 18.2 Å². The second-order valence-electron chi connectivity index (χ2n) is 4.98. The molecule has 0 saturated heterocycles. The molecule has 0 heterocycles. The lowest BCUT2D eigenvalue weighted by Crippen LogP contribution is -2.41. The number of hydrogen-bond donors (Lipinski definition) is 1. The van der Waals surface area contributed by atoms with Gasteiger partial charge >= 0.3 is 0 Å². The van der Waals surface area contributed by atoms with Crippen molar-refractivity contribution in [3.05, 3.63) is 35.6 Å². The number of hydrogen-bond acceptors (Lipinski definition) is 2. The molecule has 0 aliphatic carbocycles. The Bertz CT molecular complexity index is 365. The Hall–Kier alpha value is -0.580. The molecular formula is C13H20FNOS. The summed E-state index contributed by atoms with van der Waals surface area (Å²) in [6, 6.07) is 6.40. The molecule has 96 valence electrons. The minimum atomic E-state index is -1.19. The van der Waals surface area contributed by atoms with Crippen molar-refractivity contribution in [2.24, 2.45) is 0 Å². The average Bonchev–Trinajstić information content (AvgIpc) is 2.25. The molecule has 0 aromatic heterocycles. The monoisotopic (exact) mass is 257 g/mol. The van der Waals surface area contributed by atoms with Crippen molar-refractivity contribution >= 4 is 11.4 Å². The number of rotatable bonds is 4. The van der Waals surface area contributed by atoms with Gasteiger partial charge in [0.05, 0.1) is 6.04 Å². The van der Waals surface area contributed by atoms with Crippen LogP contribution in [0, 0.1) is 5.82 Å². The Morgan fingerprint density at radius 2 is 1.94 bits per heavy atom. The lowest BCUT2D eigenvalue weighted by molar-refractivity contribution is 0.505. The zero-order valence-corrected chi connectivity index (χ0v) is 11.6. The van der Waals surface area contributed by atoms with Crippen LogP contribution < -0.4 is 4.72 Å². The maximum atomic E-state index is 13.6. The fourth-order valence-corrected chi connectivity index (χ4v) is 2.34. The van der Waals surface area contributed by atoms with Crippen LogP contribution in [-0.4, -0.2) is 9.30 Å². The molecule has 4 heteroatoms.